The molecule has 3 aromatic rings. The zero-order valence-electron chi connectivity index (χ0n) is 22.7. The average molecular weight is 541 g/mol. The van der Waals surface area contributed by atoms with Crippen molar-refractivity contribution in [1.29, 1.82) is 0 Å². The van der Waals surface area contributed by atoms with E-state index in [0.717, 1.165) is 51.4 Å². The molecule has 1 saturated carbocycles. The predicted octanol–water partition coefficient (Wildman–Crippen LogP) is 9.94. The average Bonchev–Trinajstić information content (AvgIpc) is 2.95. The second kappa shape index (κ2) is 13.3. The summed E-state index contributed by atoms with van der Waals surface area (Å²) in [7, 11) is 0. The van der Waals surface area contributed by atoms with Gasteiger partial charge in [0, 0.05) is 5.56 Å². The molecule has 0 saturated heterocycles. The highest BCUT2D eigenvalue weighted by molar-refractivity contribution is 5.91. The van der Waals surface area contributed by atoms with Crippen molar-refractivity contribution in [3.63, 3.8) is 0 Å². The van der Waals surface area contributed by atoms with Gasteiger partial charge in [-0.1, -0.05) is 69.9 Å². The standard InChI is InChI=1S/C33H36F4O2/c1-3-5-6-8-24-17-20-28(32(37)29(24)34)39-33(38)25-15-13-23(14-16-25)27-19-18-26(30(35)31(27)36)22-11-9-21(7-4-2)10-12-22/h13-22H,3-12H2,1-2H3. The van der Waals surface area contributed by atoms with E-state index < -0.39 is 35.0 Å². The molecule has 39 heavy (non-hydrogen) atoms. The molecule has 2 nitrogen and oxygen atoms in total. The first-order valence-electron chi connectivity index (χ1n) is 14.1. The van der Waals surface area contributed by atoms with E-state index in [0.29, 0.717) is 23.5 Å². The zero-order chi connectivity index (χ0) is 27.9. The number of aryl methyl sites for hydroxylation is 1. The van der Waals surface area contributed by atoms with Crippen LogP contribution in [0.3, 0.4) is 0 Å². The largest absolute Gasteiger partial charge is 0.420 e. The lowest BCUT2D eigenvalue weighted by molar-refractivity contribution is 0.0726. The summed E-state index contributed by atoms with van der Waals surface area (Å²) < 4.78 is 64.2. The third kappa shape index (κ3) is 6.71. The van der Waals surface area contributed by atoms with Crippen LogP contribution in [0.5, 0.6) is 5.75 Å². The van der Waals surface area contributed by atoms with Crippen molar-refractivity contribution in [2.75, 3.05) is 0 Å². The number of hydrogen-bond acceptors (Lipinski definition) is 2. The SMILES string of the molecule is CCCCCc1ccc(OC(=O)c2ccc(-c3ccc(C4CCC(CCC)CC4)c(F)c3F)cc2)c(F)c1F. The second-order valence-electron chi connectivity index (χ2n) is 10.6. The molecule has 6 heteroatoms. The lowest BCUT2D eigenvalue weighted by atomic mass is 9.77. The lowest BCUT2D eigenvalue weighted by Gasteiger charge is -2.29. The fourth-order valence-corrected chi connectivity index (χ4v) is 5.63. The summed E-state index contributed by atoms with van der Waals surface area (Å²) in [6.45, 7) is 4.20. The molecule has 4 rings (SSSR count). The van der Waals surface area contributed by atoms with Crippen molar-refractivity contribution < 1.29 is 27.1 Å². The number of hydrogen-bond donors (Lipinski definition) is 0. The highest BCUT2D eigenvalue weighted by Gasteiger charge is 2.26. The van der Waals surface area contributed by atoms with E-state index in [9.17, 15) is 13.6 Å². The van der Waals surface area contributed by atoms with Gasteiger partial charge in [0.25, 0.3) is 0 Å². The van der Waals surface area contributed by atoms with Gasteiger partial charge in [-0.3, -0.25) is 0 Å². The number of rotatable bonds is 10. The molecule has 0 atom stereocenters. The van der Waals surface area contributed by atoms with Gasteiger partial charge in [0.05, 0.1) is 5.56 Å². The Hall–Kier alpha value is -3.15. The summed E-state index contributed by atoms with van der Waals surface area (Å²) >= 11 is 0. The normalized spacial score (nSPS) is 17.3. The molecule has 0 heterocycles. The molecule has 0 radical (unpaired) electrons. The van der Waals surface area contributed by atoms with E-state index in [2.05, 4.69) is 6.92 Å². The van der Waals surface area contributed by atoms with Crippen molar-refractivity contribution in [3.8, 4) is 16.9 Å². The minimum Gasteiger partial charge on any atom is -0.420 e. The van der Waals surface area contributed by atoms with E-state index in [-0.39, 0.29) is 22.6 Å². The number of halogens is 4. The highest BCUT2D eigenvalue weighted by atomic mass is 19.2. The van der Waals surface area contributed by atoms with Crippen LogP contribution in [0.15, 0.2) is 48.5 Å². The maximum atomic E-state index is 15.1. The third-order valence-electron chi connectivity index (χ3n) is 7.91. The Labute approximate surface area is 228 Å². The second-order valence-corrected chi connectivity index (χ2v) is 10.6. The van der Waals surface area contributed by atoms with Gasteiger partial charge in [-0.15, -0.1) is 0 Å². The summed E-state index contributed by atoms with van der Waals surface area (Å²) in [6, 6.07) is 11.7. The van der Waals surface area contributed by atoms with Crippen LogP contribution >= 0.6 is 0 Å². The van der Waals surface area contributed by atoms with Crippen LogP contribution in [-0.4, -0.2) is 5.97 Å². The molecule has 1 aliphatic carbocycles. The number of carbonyl (C=O) groups excluding carboxylic acids is 1. The Morgan fingerprint density at radius 1 is 0.769 bits per heavy atom. The van der Waals surface area contributed by atoms with Crippen molar-refractivity contribution >= 4 is 5.97 Å². The molecule has 0 amide bonds. The number of ether oxygens (including phenoxy) is 1. The molecule has 208 valence electrons. The molecular formula is C33H36F4O2. The lowest BCUT2D eigenvalue weighted by Crippen LogP contribution is -2.15. The summed E-state index contributed by atoms with van der Waals surface area (Å²) in [6.07, 6.45) is 9.16. The molecule has 0 unspecified atom stereocenters. The predicted molar refractivity (Wildman–Crippen MR) is 146 cm³/mol. The van der Waals surface area contributed by atoms with Gasteiger partial charge >= 0.3 is 5.97 Å². The van der Waals surface area contributed by atoms with Gasteiger partial charge in [0.2, 0.25) is 5.82 Å². The number of unbranched alkanes of at least 4 members (excludes halogenated alkanes) is 2. The minimum atomic E-state index is -1.20. The molecule has 0 spiro atoms. The van der Waals surface area contributed by atoms with Crippen molar-refractivity contribution in [2.45, 2.75) is 84.0 Å². The molecule has 0 N–H and O–H groups in total. The first-order valence-corrected chi connectivity index (χ1v) is 14.1. The summed E-state index contributed by atoms with van der Waals surface area (Å²) in [5.41, 5.74) is 1.25. The minimum absolute atomic E-state index is 0.0226. The smallest absolute Gasteiger partial charge is 0.343 e. The van der Waals surface area contributed by atoms with Crippen LogP contribution in [0.1, 0.15) is 99.0 Å². The molecule has 3 aromatic carbocycles. The maximum absolute atomic E-state index is 15.1. The van der Waals surface area contributed by atoms with E-state index in [1.165, 1.54) is 42.8 Å². The Bertz CT molecular complexity index is 1280. The Morgan fingerprint density at radius 2 is 1.49 bits per heavy atom. The van der Waals surface area contributed by atoms with Gasteiger partial charge in [0.15, 0.2) is 23.2 Å². The van der Waals surface area contributed by atoms with Crippen molar-refractivity contribution in [1.82, 2.24) is 0 Å². The molecule has 0 bridgehead atoms. The maximum Gasteiger partial charge on any atom is 0.343 e. The first kappa shape index (κ1) is 28.8. The first-order chi connectivity index (χ1) is 18.8. The number of carbonyl (C=O) groups is 1. The Morgan fingerprint density at radius 3 is 2.15 bits per heavy atom. The van der Waals surface area contributed by atoms with E-state index in [1.54, 1.807) is 12.1 Å². The van der Waals surface area contributed by atoms with Crippen LogP contribution in [-0.2, 0) is 6.42 Å². The molecule has 0 aliphatic heterocycles. The fraction of sp³-hybridized carbons (Fsp3) is 0.424. The van der Waals surface area contributed by atoms with Gasteiger partial charge in [-0.2, -0.15) is 4.39 Å². The fourth-order valence-electron chi connectivity index (χ4n) is 5.63. The van der Waals surface area contributed by atoms with Gasteiger partial charge < -0.3 is 4.74 Å². The van der Waals surface area contributed by atoms with Crippen LogP contribution in [0.4, 0.5) is 17.6 Å². The van der Waals surface area contributed by atoms with E-state index in [1.807, 2.05) is 6.92 Å². The van der Waals surface area contributed by atoms with Crippen molar-refractivity contribution in [3.05, 3.63) is 88.5 Å². The quantitative estimate of drug-likeness (QED) is 0.111. The van der Waals surface area contributed by atoms with Gasteiger partial charge in [-0.05, 0) is 85.3 Å². The number of benzene rings is 3. The topological polar surface area (TPSA) is 26.3 Å². The third-order valence-corrected chi connectivity index (χ3v) is 7.91. The van der Waals surface area contributed by atoms with E-state index >= 15 is 8.78 Å². The highest BCUT2D eigenvalue weighted by Crippen LogP contribution is 2.40. The van der Waals surface area contributed by atoms with Crippen molar-refractivity contribution in [2.24, 2.45) is 5.92 Å². The van der Waals surface area contributed by atoms with Gasteiger partial charge in [-0.25, -0.2) is 18.0 Å². The Kier molecular flexibility index (Phi) is 9.82. The molecule has 0 aromatic heterocycles. The van der Waals surface area contributed by atoms with Gasteiger partial charge in [0.1, 0.15) is 0 Å². The summed E-state index contributed by atoms with van der Waals surface area (Å²) in [4.78, 5) is 12.6. The Balaban J connectivity index is 1.44. The van der Waals surface area contributed by atoms with Crippen LogP contribution in [0.2, 0.25) is 0 Å². The van der Waals surface area contributed by atoms with Crippen LogP contribution in [0.25, 0.3) is 11.1 Å². The monoisotopic (exact) mass is 540 g/mol. The van der Waals surface area contributed by atoms with Crippen LogP contribution < -0.4 is 4.74 Å². The molecule has 1 aliphatic rings. The molecule has 1 fully saturated rings. The summed E-state index contributed by atoms with van der Waals surface area (Å²) in [5, 5.41) is 0. The summed E-state index contributed by atoms with van der Waals surface area (Å²) in [5.74, 6) is -4.61. The van der Waals surface area contributed by atoms with Crippen LogP contribution in [0, 0.1) is 29.2 Å². The molecular weight excluding hydrogens is 504 g/mol. The zero-order valence-corrected chi connectivity index (χ0v) is 22.7. The van der Waals surface area contributed by atoms with E-state index in [4.69, 9.17) is 4.74 Å². The number of esters is 1.